The highest BCUT2D eigenvalue weighted by molar-refractivity contribution is 6.11. The maximum Gasteiger partial charge on any atom is 0.257 e. The predicted molar refractivity (Wildman–Crippen MR) is 126 cm³/mol. The second-order valence-electron chi connectivity index (χ2n) is 7.96. The molecule has 0 fully saturated rings. The summed E-state index contributed by atoms with van der Waals surface area (Å²) in [5, 5.41) is 2.97. The molecule has 0 spiro atoms. The minimum atomic E-state index is -0.279. The summed E-state index contributed by atoms with van der Waals surface area (Å²) < 4.78 is 12.7. The van der Waals surface area contributed by atoms with Crippen molar-refractivity contribution >= 4 is 33.9 Å². The Kier molecular flexibility index (Phi) is 5.85. The molecule has 3 N–H and O–H groups in total. The standard InChI is InChI=1S/C24H27N5O3/c1-14(2)11-12-26-24(30)20-21-23(28-17-8-6-5-7-16(17)27-21)29(22(20)25)18-13-15(31-3)9-10-19(18)32-4/h5-10,13-14H,11-12,25H2,1-4H3,(H,26,30). The average Bonchev–Trinajstić information content (AvgIpc) is 3.07. The molecule has 0 aliphatic rings. The van der Waals surface area contributed by atoms with Crippen LogP contribution in [0, 0.1) is 5.92 Å². The first-order valence-electron chi connectivity index (χ1n) is 10.5. The second-order valence-corrected chi connectivity index (χ2v) is 7.96. The summed E-state index contributed by atoms with van der Waals surface area (Å²) in [7, 11) is 3.16. The lowest BCUT2D eigenvalue weighted by atomic mass is 10.1. The van der Waals surface area contributed by atoms with Crippen LogP contribution in [0.1, 0.15) is 30.6 Å². The van der Waals surface area contributed by atoms with Gasteiger partial charge in [0.25, 0.3) is 5.91 Å². The van der Waals surface area contributed by atoms with Gasteiger partial charge in [0, 0.05) is 12.6 Å². The molecule has 4 rings (SSSR count). The van der Waals surface area contributed by atoms with Gasteiger partial charge < -0.3 is 20.5 Å². The van der Waals surface area contributed by atoms with E-state index in [4.69, 9.17) is 25.2 Å². The quantitative estimate of drug-likeness (QED) is 0.457. The molecule has 0 saturated heterocycles. The predicted octanol–water partition coefficient (Wildman–Crippen LogP) is 3.95. The van der Waals surface area contributed by atoms with Crippen LogP contribution < -0.4 is 20.5 Å². The van der Waals surface area contributed by atoms with E-state index in [1.807, 2.05) is 24.3 Å². The van der Waals surface area contributed by atoms with Gasteiger partial charge in [-0.15, -0.1) is 0 Å². The summed E-state index contributed by atoms with van der Waals surface area (Å²) >= 11 is 0. The Morgan fingerprint density at radius 1 is 1.09 bits per heavy atom. The maximum absolute atomic E-state index is 13.2. The number of nitrogens with zero attached hydrogens (tertiary/aromatic N) is 3. The Morgan fingerprint density at radius 3 is 2.47 bits per heavy atom. The number of benzene rings is 2. The van der Waals surface area contributed by atoms with Crippen molar-refractivity contribution in [3.05, 3.63) is 48.0 Å². The van der Waals surface area contributed by atoms with Crippen LogP contribution in [0.5, 0.6) is 11.5 Å². The van der Waals surface area contributed by atoms with E-state index in [0.717, 1.165) is 6.42 Å². The highest BCUT2D eigenvalue weighted by atomic mass is 16.5. The van der Waals surface area contributed by atoms with Gasteiger partial charge in [0.15, 0.2) is 5.65 Å². The average molecular weight is 434 g/mol. The van der Waals surface area contributed by atoms with Gasteiger partial charge in [0.05, 0.1) is 30.9 Å². The van der Waals surface area contributed by atoms with E-state index in [1.54, 1.807) is 37.0 Å². The molecular formula is C24H27N5O3. The zero-order chi connectivity index (χ0) is 22.8. The van der Waals surface area contributed by atoms with Crippen LogP contribution >= 0.6 is 0 Å². The fourth-order valence-corrected chi connectivity index (χ4v) is 3.66. The Hall–Kier alpha value is -3.81. The summed E-state index contributed by atoms with van der Waals surface area (Å²) in [6, 6.07) is 12.9. The molecule has 2 aromatic carbocycles. The van der Waals surface area contributed by atoms with Crippen LogP contribution in [0.4, 0.5) is 5.82 Å². The van der Waals surface area contributed by atoms with E-state index in [9.17, 15) is 4.79 Å². The van der Waals surface area contributed by atoms with Gasteiger partial charge in [-0.05, 0) is 36.6 Å². The van der Waals surface area contributed by atoms with E-state index in [0.29, 0.717) is 57.4 Å². The number of fused-ring (bicyclic) bond motifs is 2. The topological polar surface area (TPSA) is 104 Å². The number of para-hydroxylation sites is 2. The number of carbonyl (C=O) groups is 1. The van der Waals surface area contributed by atoms with E-state index in [1.165, 1.54) is 0 Å². The highest BCUT2D eigenvalue weighted by Gasteiger charge is 2.26. The molecule has 0 bridgehead atoms. The Balaban J connectivity index is 1.98. The van der Waals surface area contributed by atoms with Crippen LogP contribution in [-0.2, 0) is 0 Å². The molecule has 0 radical (unpaired) electrons. The monoisotopic (exact) mass is 433 g/mol. The van der Waals surface area contributed by atoms with Crippen molar-refractivity contribution in [2.24, 2.45) is 5.92 Å². The molecule has 4 aromatic rings. The van der Waals surface area contributed by atoms with Gasteiger partial charge in [-0.2, -0.15) is 0 Å². The van der Waals surface area contributed by atoms with Crippen molar-refractivity contribution in [2.75, 3.05) is 26.5 Å². The van der Waals surface area contributed by atoms with Crippen LogP contribution in [0.25, 0.3) is 27.9 Å². The van der Waals surface area contributed by atoms with Crippen molar-refractivity contribution in [3.63, 3.8) is 0 Å². The third kappa shape index (κ3) is 3.79. The number of rotatable bonds is 7. The Labute approximate surface area is 186 Å². The molecule has 1 amide bonds. The maximum atomic E-state index is 13.2. The zero-order valence-electron chi connectivity index (χ0n) is 18.7. The van der Waals surface area contributed by atoms with E-state index >= 15 is 0 Å². The van der Waals surface area contributed by atoms with Crippen LogP contribution in [0.15, 0.2) is 42.5 Å². The third-order valence-corrected chi connectivity index (χ3v) is 5.36. The number of nitrogens with two attached hydrogens (primary N) is 1. The first kappa shape index (κ1) is 21.4. The molecule has 8 heteroatoms. The summed E-state index contributed by atoms with van der Waals surface area (Å²) in [5.74, 6) is 1.62. The van der Waals surface area contributed by atoms with Gasteiger partial charge >= 0.3 is 0 Å². The molecule has 2 heterocycles. The molecular weight excluding hydrogens is 406 g/mol. The van der Waals surface area contributed by atoms with Crippen molar-refractivity contribution < 1.29 is 14.3 Å². The summed E-state index contributed by atoms with van der Waals surface area (Å²) in [6.07, 6.45) is 0.864. The molecule has 0 aliphatic heterocycles. The number of nitrogens with one attached hydrogen (secondary N) is 1. The highest BCUT2D eigenvalue weighted by Crippen LogP contribution is 2.36. The third-order valence-electron chi connectivity index (χ3n) is 5.36. The smallest absolute Gasteiger partial charge is 0.257 e. The Bertz CT molecular complexity index is 1300. The normalized spacial score (nSPS) is 11.3. The number of nitrogen functional groups attached to an aromatic ring is 1. The minimum Gasteiger partial charge on any atom is -0.497 e. The lowest BCUT2D eigenvalue weighted by molar-refractivity contribution is 0.0954. The van der Waals surface area contributed by atoms with Gasteiger partial charge in [0.2, 0.25) is 0 Å². The molecule has 32 heavy (non-hydrogen) atoms. The lowest BCUT2D eigenvalue weighted by Gasteiger charge is -2.14. The fourth-order valence-electron chi connectivity index (χ4n) is 3.66. The van der Waals surface area contributed by atoms with Gasteiger partial charge in [0.1, 0.15) is 28.4 Å². The molecule has 166 valence electrons. The number of anilines is 1. The number of aromatic nitrogens is 3. The van der Waals surface area contributed by atoms with Crippen LogP contribution in [0.2, 0.25) is 0 Å². The second kappa shape index (κ2) is 8.74. The lowest BCUT2D eigenvalue weighted by Crippen LogP contribution is -2.26. The number of carbonyl (C=O) groups excluding carboxylic acids is 1. The largest absolute Gasteiger partial charge is 0.497 e. The number of methoxy groups -OCH3 is 2. The fraction of sp³-hybridized carbons (Fsp3) is 0.292. The van der Waals surface area contributed by atoms with Crippen molar-refractivity contribution in [2.45, 2.75) is 20.3 Å². The van der Waals surface area contributed by atoms with E-state index in [2.05, 4.69) is 19.2 Å². The molecule has 8 nitrogen and oxygen atoms in total. The number of ether oxygens (including phenoxy) is 2. The van der Waals surface area contributed by atoms with Crippen LogP contribution in [0.3, 0.4) is 0 Å². The van der Waals surface area contributed by atoms with Crippen molar-refractivity contribution in [3.8, 4) is 17.2 Å². The van der Waals surface area contributed by atoms with Gasteiger partial charge in [-0.1, -0.05) is 26.0 Å². The van der Waals surface area contributed by atoms with Crippen molar-refractivity contribution in [1.82, 2.24) is 19.9 Å². The number of amides is 1. The molecule has 0 atom stereocenters. The first-order chi connectivity index (χ1) is 15.4. The number of hydrogen-bond acceptors (Lipinski definition) is 6. The molecule has 0 aliphatic carbocycles. The number of hydrogen-bond donors (Lipinski definition) is 2. The minimum absolute atomic E-state index is 0.240. The first-order valence-corrected chi connectivity index (χ1v) is 10.5. The van der Waals surface area contributed by atoms with E-state index < -0.39 is 0 Å². The molecule has 2 aromatic heterocycles. The zero-order valence-corrected chi connectivity index (χ0v) is 18.7. The van der Waals surface area contributed by atoms with E-state index in [-0.39, 0.29) is 11.7 Å². The van der Waals surface area contributed by atoms with Crippen LogP contribution in [-0.4, -0.2) is 41.2 Å². The summed E-state index contributed by atoms with van der Waals surface area (Å²) in [5.41, 5.74) is 9.79. The SMILES string of the molecule is COc1ccc(OC)c(-n2c(N)c(C(=O)NCCC(C)C)c3nc4ccccc4nc32)c1. The summed E-state index contributed by atoms with van der Waals surface area (Å²) in [6.45, 7) is 4.77. The van der Waals surface area contributed by atoms with Crippen molar-refractivity contribution in [1.29, 1.82) is 0 Å². The summed E-state index contributed by atoms with van der Waals surface area (Å²) in [4.78, 5) is 22.7. The van der Waals surface area contributed by atoms with Gasteiger partial charge in [-0.3, -0.25) is 9.36 Å². The van der Waals surface area contributed by atoms with Gasteiger partial charge in [-0.25, -0.2) is 9.97 Å². The molecule has 0 unspecified atom stereocenters. The Morgan fingerprint density at radius 2 is 1.81 bits per heavy atom. The molecule has 0 saturated carbocycles.